The Morgan fingerprint density at radius 1 is 1.12 bits per heavy atom. The Balaban J connectivity index is 3.29. The van der Waals surface area contributed by atoms with Crippen LogP contribution in [0.25, 0.3) is 0 Å². The molecule has 0 saturated carbocycles. The quantitative estimate of drug-likeness (QED) is 0.690. The van der Waals surface area contributed by atoms with Crippen LogP contribution in [0.3, 0.4) is 0 Å². The largest absolute Gasteiger partial charge is 0.347 e. The fourth-order valence-corrected chi connectivity index (χ4v) is 1.50. The number of ether oxygens (including phenoxy) is 2. The molecule has 0 aliphatic heterocycles. The summed E-state index contributed by atoms with van der Waals surface area (Å²) in [5.41, 5.74) is -0.328. The van der Waals surface area contributed by atoms with Gasteiger partial charge in [0.1, 0.15) is 0 Å². The second-order valence-electron chi connectivity index (χ2n) is 3.55. The van der Waals surface area contributed by atoms with E-state index in [1.807, 2.05) is 13.8 Å². The fourth-order valence-electron chi connectivity index (χ4n) is 1.50. The lowest BCUT2D eigenvalue weighted by molar-refractivity contribution is -0.144. The molecule has 0 unspecified atom stereocenters. The van der Waals surface area contributed by atoms with Crippen molar-refractivity contribution in [2.24, 2.45) is 14.1 Å². The SMILES string of the molecule is CCOC(OCC)c1cc(=O)n(C)c(=O)n1C. The monoisotopic (exact) mass is 242 g/mol. The van der Waals surface area contributed by atoms with Crippen LogP contribution in [0.4, 0.5) is 0 Å². The standard InChI is InChI=1S/C11H18N2O4/c1-5-16-10(17-6-2)8-7-9(14)13(4)11(15)12(8)3/h7,10H,5-6H2,1-4H3. The summed E-state index contributed by atoms with van der Waals surface area (Å²) in [6.07, 6.45) is -0.684. The van der Waals surface area contributed by atoms with Crippen molar-refractivity contribution >= 4 is 0 Å². The number of hydrogen-bond acceptors (Lipinski definition) is 4. The van der Waals surface area contributed by atoms with Crippen molar-refractivity contribution in [1.29, 1.82) is 0 Å². The summed E-state index contributed by atoms with van der Waals surface area (Å²) in [6, 6.07) is 1.36. The summed E-state index contributed by atoms with van der Waals surface area (Å²) in [5, 5.41) is 0. The Morgan fingerprint density at radius 2 is 1.65 bits per heavy atom. The molecule has 0 aliphatic carbocycles. The first-order chi connectivity index (χ1) is 8.02. The highest BCUT2D eigenvalue weighted by atomic mass is 16.7. The molecule has 0 saturated heterocycles. The van der Waals surface area contributed by atoms with Crippen molar-refractivity contribution in [3.63, 3.8) is 0 Å². The second kappa shape index (κ2) is 5.79. The van der Waals surface area contributed by atoms with Crippen LogP contribution in [0.2, 0.25) is 0 Å². The summed E-state index contributed by atoms with van der Waals surface area (Å²) in [4.78, 5) is 23.3. The van der Waals surface area contributed by atoms with Crippen molar-refractivity contribution in [3.05, 3.63) is 32.6 Å². The van der Waals surface area contributed by atoms with Crippen molar-refractivity contribution < 1.29 is 9.47 Å². The zero-order valence-corrected chi connectivity index (χ0v) is 10.6. The van der Waals surface area contributed by atoms with Gasteiger partial charge in [-0.15, -0.1) is 0 Å². The first kappa shape index (κ1) is 13.7. The first-order valence-corrected chi connectivity index (χ1v) is 5.53. The predicted molar refractivity (Wildman–Crippen MR) is 62.9 cm³/mol. The van der Waals surface area contributed by atoms with Gasteiger partial charge in [-0.2, -0.15) is 0 Å². The molecule has 1 heterocycles. The molecule has 0 radical (unpaired) electrons. The molecule has 6 nitrogen and oxygen atoms in total. The first-order valence-electron chi connectivity index (χ1n) is 5.53. The normalized spacial score (nSPS) is 11.1. The van der Waals surface area contributed by atoms with Gasteiger partial charge in [-0.25, -0.2) is 4.79 Å². The van der Waals surface area contributed by atoms with E-state index in [0.29, 0.717) is 18.9 Å². The smallest absolute Gasteiger partial charge is 0.330 e. The highest BCUT2D eigenvalue weighted by molar-refractivity contribution is 5.04. The molecule has 1 aromatic rings. The molecule has 0 N–H and O–H groups in total. The highest BCUT2D eigenvalue weighted by Gasteiger charge is 2.17. The van der Waals surface area contributed by atoms with Gasteiger partial charge >= 0.3 is 5.69 Å². The maximum atomic E-state index is 11.7. The Bertz CT molecular complexity index is 483. The van der Waals surface area contributed by atoms with Gasteiger partial charge < -0.3 is 9.47 Å². The van der Waals surface area contributed by atoms with Crippen molar-refractivity contribution in [1.82, 2.24) is 9.13 Å². The van der Waals surface area contributed by atoms with E-state index in [9.17, 15) is 9.59 Å². The Labute approximate surface area is 99.4 Å². The van der Waals surface area contributed by atoms with E-state index >= 15 is 0 Å². The van der Waals surface area contributed by atoms with Gasteiger partial charge in [-0.1, -0.05) is 0 Å². The van der Waals surface area contributed by atoms with Crippen LogP contribution in [-0.4, -0.2) is 22.3 Å². The Morgan fingerprint density at radius 3 is 2.12 bits per heavy atom. The molecular weight excluding hydrogens is 224 g/mol. The van der Waals surface area contributed by atoms with Gasteiger partial charge in [-0.05, 0) is 13.8 Å². The van der Waals surface area contributed by atoms with Crippen molar-refractivity contribution in [2.45, 2.75) is 20.1 Å². The summed E-state index contributed by atoms with van der Waals surface area (Å²) in [6.45, 7) is 4.53. The zero-order valence-electron chi connectivity index (χ0n) is 10.6. The molecule has 0 fully saturated rings. The highest BCUT2D eigenvalue weighted by Crippen LogP contribution is 2.15. The molecule has 17 heavy (non-hydrogen) atoms. The molecular formula is C11H18N2O4. The van der Waals surface area contributed by atoms with Gasteiger partial charge in [0.05, 0.1) is 5.69 Å². The maximum absolute atomic E-state index is 11.7. The number of rotatable bonds is 5. The average molecular weight is 242 g/mol. The van der Waals surface area contributed by atoms with Gasteiger partial charge in [0.25, 0.3) is 5.56 Å². The van der Waals surface area contributed by atoms with E-state index in [2.05, 4.69) is 0 Å². The van der Waals surface area contributed by atoms with E-state index in [4.69, 9.17) is 9.47 Å². The lowest BCUT2D eigenvalue weighted by atomic mass is 10.3. The zero-order chi connectivity index (χ0) is 13.0. The van der Waals surface area contributed by atoms with Crippen molar-refractivity contribution in [2.75, 3.05) is 13.2 Å². The summed E-state index contributed by atoms with van der Waals surface area (Å²) >= 11 is 0. The third kappa shape index (κ3) is 2.83. The Hall–Kier alpha value is -1.40. The lowest BCUT2D eigenvalue weighted by Gasteiger charge is -2.19. The molecule has 0 bridgehead atoms. The molecule has 1 rings (SSSR count). The fraction of sp³-hybridized carbons (Fsp3) is 0.636. The summed E-state index contributed by atoms with van der Waals surface area (Å²) in [5.74, 6) is 0. The van der Waals surface area contributed by atoms with Crippen LogP contribution in [0.5, 0.6) is 0 Å². The van der Waals surface area contributed by atoms with Crippen molar-refractivity contribution in [3.8, 4) is 0 Å². The minimum Gasteiger partial charge on any atom is -0.347 e. The molecule has 0 aromatic carbocycles. The predicted octanol–water partition coefficient (Wildman–Crippen LogP) is 0.156. The van der Waals surface area contributed by atoms with E-state index in [-0.39, 0.29) is 5.56 Å². The van der Waals surface area contributed by atoms with Crippen LogP contribution in [0, 0.1) is 0 Å². The van der Waals surface area contributed by atoms with E-state index in [1.54, 1.807) is 7.05 Å². The van der Waals surface area contributed by atoms with Gasteiger partial charge in [0, 0.05) is 33.4 Å². The van der Waals surface area contributed by atoms with E-state index < -0.39 is 12.0 Å². The van der Waals surface area contributed by atoms with E-state index in [1.165, 1.54) is 17.7 Å². The molecule has 1 aromatic heterocycles. The lowest BCUT2D eigenvalue weighted by Crippen LogP contribution is -2.39. The second-order valence-corrected chi connectivity index (χ2v) is 3.55. The van der Waals surface area contributed by atoms with Gasteiger partial charge in [0.15, 0.2) is 6.29 Å². The third-order valence-corrected chi connectivity index (χ3v) is 2.44. The molecule has 0 aliphatic rings. The molecule has 0 atom stereocenters. The third-order valence-electron chi connectivity index (χ3n) is 2.44. The molecule has 0 spiro atoms. The minimum atomic E-state index is -0.684. The van der Waals surface area contributed by atoms with Crippen LogP contribution >= 0.6 is 0 Å². The topological polar surface area (TPSA) is 62.5 Å². The molecule has 0 amide bonds. The Kier molecular flexibility index (Phi) is 4.65. The number of hydrogen-bond donors (Lipinski definition) is 0. The minimum absolute atomic E-state index is 0.368. The van der Waals surface area contributed by atoms with Crippen LogP contribution in [-0.2, 0) is 23.6 Å². The molecule has 6 heteroatoms. The van der Waals surface area contributed by atoms with Gasteiger partial charge in [-0.3, -0.25) is 13.9 Å². The average Bonchev–Trinajstić information content (AvgIpc) is 2.31. The van der Waals surface area contributed by atoms with Crippen LogP contribution in [0.15, 0.2) is 15.7 Å². The van der Waals surface area contributed by atoms with Crippen LogP contribution in [0.1, 0.15) is 25.8 Å². The van der Waals surface area contributed by atoms with Gasteiger partial charge in [0.2, 0.25) is 0 Å². The number of nitrogens with zero attached hydrogens (tertiary/aromatic N) is 2. The number of aromatic nitrogens is 2. The summed E-state index contributed by atoms with van der Waals surface area (Å²) in [7, 11) is 3.02. The van der Waals surface area contributed by atoms with E-state index in [0.717, 1.165) is 4.57 Å². The molecule has 96 valence electrons. The summed E-state index contributed by atoms with van der Waals surface area (Å²) < 4.78 is 13.1. The maximum Gasteiger partial charge on any atom is 0.330 e. The van der Waals surface area contributed by atoms with Crippen LogP contribution < -0.4 is 11.2 Å².